The second-order valence-electron chi connectivity index (χ2n) is 2.31. The molecular weight excluding hydrogens is 214 g/mol. The van der Waals surface area contributed by atoms with E-state index in [-0.39, 0.29) is 0 Å². The number of hydrogen-bond acceptors (Lipinski definition) is 2. The molecule has 0 aliphatic carbocycles. The molecule has 0 bridgehead atoms. The van der Waals surface area contributed by atoms with Crippen molar-refractivity contribution >= 4 is 16.9 Å². The van der Waals surface area contributed by atoms with Crippen LogP contribution in [0.4, 0.5) is 0 Å². The molecule has 2 heteroatoms. The van der Waals surface area contributed by atoms with E-state index >= 15 is 0 Å². The first-order valence-corrected chi connectivity index (χ1v) is 6.53. The summed E-state index contributed by atoms with van der Waals surface area (Å²) in [6, 6.07) is 0. The molecule has 1 aromatic heterocycles. The number of hydrogen-bond donors (Lipinski definition) is 0. The lowest BCUT2D eigenvalue weighted by molar-refractivity contribution is 1.26. The summed E-state index contributed by atoms with van der Waals surface area (Å²) in [7, 11) is 0. The molecule has 0 unspecified atom stereocenters. The van der Waals surface area contributed by atoms with Crippen molar-refractivity contribution in [3.8, 4) is 0 Å². The molecule has 0 amide bonds. The van der Waals surface area contributed by atoms with Crippen molar-refractivity contribution in [3.63, 3.8) is 0 Å². The Morgan fingerprint density at radius 1 is 1.25 bits per heavy atom. The maximum Gasteiger partial charge on any atom is 0.0901 e. The summed E-state index contributed by atoms with van der Waals surface area (Å²) < 4.78 is 0. The van der Waals surface area contributed by atoms with E-state index in [0.717, 1.165) is 16.3 Å². The van der Waals surface area contributed by atoms with Gasteiger partial charge in [0, 0.05) is 11.0 Å². The molecule has 90 valence electrons. The van der Waals surface area contributed by atoms with E-state index in [1.807, 2.05) is 46.1 Å². The number of aromatic nitrogens is 1. The largest absolute Gasteiger partial charge is 0.242 e. The molecule has 0 N–H and O–H groups in total. The van der Waals surface area contributed by atoms with Crippen molar-refractivity contribution < 1.29 is 0 Å². The highest BCUT2D eigenvalue weighted by Crippen LogP contribution is 2.17. The number of thiazole rings is 1. The van der Waals surface area contributed by atoms with Crippen LogP contribution in [0.3, 0.4) is 0 Å². The zero-order chi connectivity index (χ0) is 13.0. The van der Waals surface area contributed by atoms with Crippen molar-refractivity contribution in [1.29, 1.82) is 0 Å². The van der Waals surface area contributed by atoms with Gasteiger partial charge in [0.1, 0.15) is 0 Å². The zero-order valence-corrected chi connectivity index (χ0v) is 11.9. The van der Waals surface area contributed by atoms with Gasteiger partial charge < -0.3 is 0 Å². The van der Waals surface area contributed by atoms with Crippen molar-refractivity contribution in [3.05, 3.63) is 47.5 Å². The molecule has 0 spiro atoms. The van der Waals surface area contributed by atoms with Gasteiger partial charge >= 0.3 is 0 Å². The third-order valence-electron chi connectivity index (χ3n) is 1.43. The fraction of sp³-hybridized carbons (Fsp3) is 0.357. The summed E-state index contributed by atoms with van der Waals surface area (Å²) in [4.78, 5) is 4.33. The number of aryl methyl sites for hydroxylation is 1. The lowest BCUT2D eigenvalue weighted by Crippen LogP contribution is -1.79. The summed E-state index contributed by atoms with van der Waals surface area (Å²) in [6.07, 6.45) is 5.43. The fourth-order valence-corrected chi connectivity index (χ4v) is 1.50. The maximum absolute atomic E-state index is 4.33. The normalized spacial score (nSPS) is 9.19. The minimum Gasteiger partial charge on any atom is -0.242 e. The van der Waals surface area contributed by atoms with Crippen LogP contribution in [0.25, 0.3) is 5.57 Å². The molecule has 0 radical (unpaired) electrons. The average molecular weight is 237 g/mol. The Hall–Kier alpha value is -1.15. The van der Waals surface area contributed by atoms with Crippen LogP contribution in [0, 0.1) is 6.92 Å². The van der Waals surface area contributed by atoms with E-state index in [9.17, 15) is 0 Å². The van der Waals surface area contributed by atoms with Crippen LogP contribution in [-0.2, 0) is 0 Å². The first-order valence-electron chi connectivity index (χ1n) is 5.65. The minimum atomic E-state index is 0.979. The van der Waals surface area contributed by atoms with E-state index in [2.05, 4.69) is 18.1 Å². The average Bonchev–Trinajstić information content (AvgIpc) is 2.78. The first kappa shape index (κ1) is 17.3. The van der Waals surface area contributed by atoms with Gasteiger partial charge in [-0.2, -0.15) is 0 Å². The molecule has 1 nitrogen and oxygen atoms in total. The molecule has 0 fully saturated rings. The molecule has 1 heterocycles. The Balaban J connectivity index is 0. The standard InChI is InChI=1S/C10H11NS.2C2H6/c1-4-6-9(5-2)10-7-12-8(3)11-10;2*1-2/h4-7H,1-2H2,3H3;2*1-2H3/b9-6+;;. The second-order valence-corrected chi connectivity index (χ2v) is 3.38. The van der Waals surface area contributed by atoms with Crippen LogP contribution in [0.1, 0.15) is 38.4 Å². The Kier molecular flexibility index (Phi) is 12.9. The maximum atomic E-state index is 4.33. The van der Waals surface area contributed by atoms with Gasteiger partial charge in [0.2, 0.25) is 0 Å². The van der Waals surface area contributed by atoms with Gasteiger partial charge in [0.25, 0.3) is 0 Å². The molecular formula is C14H23NS. The minimum absolute atomic E-state index is 0.979. The van der Waals surface area contributed by atoms with Gasteiger partial charge in [-0.25, -0.2) is 4.98 Å². The number of rotatable bonds is 3. The van der Waals surface area contributed by atoms with Crippen LogP contribution in [0.15, 0.2) is 36.8 Å². The molecule has 16 heavy (non-hydrogen) atoms. The third-order valence-corrected chi connectivity index (χ3v) is 2.21. The second kappa shape index (κ2) is 11.9. The topological polar surface area (TPSA) is 12.9 Å². The van der Waals surface area contributed by atoms with Crippen LogP contribution in [0.2, 0.25) is 0 Å². The Bertz CT molecular complexity index is 321. The predicted molar refractivity (Wildman–Crippen MR) is 77.9 cm³/mol. The molecule has 0 aromatic carbocycles. The van der Waals surface area contributed by atoms with Gasteiger partial charge in [-0.1, -0.05) is 59.1 Å². The van der Waals surface area contributed by atoms with Crippen LogP contribution in [0.5, 0.6) is 0 Å². The smallest absolute Gasteiger partial charge is 0.0901 e. The van der Waals surface area contributed by atoms with E-state index in [0.29, 0.717) is 0 Å². The lowest BCUT2D eigenvalue weighted by Gasteiger charge is -1.92. The molecule has 1 aromatic rings. The van der Waals surface area contributed by atoms with E-state index in [1.54, 1.807) is 23.5 Å². The summed E-state index contributed by atoms with van der Waals surface area (Å²) in [5.41, 5.74) is 2.00. The van der Waals surface area contributed by atoms with Gasteiger partial charge in [0.15, 0.2) is 0 Å². The van der Waals surface area contributed by atoms with Crippen molar-refractivity contribution in [2.75, 3.05) is 0 Å². The van der Waals surface area contributed by atoms with Crippen molar-refractivity contribution in [2.45, 2.75) is 34.6 Å². The summed E-state index contributed by atoms with van der Waals surface area (Å²) in [6.45, 7) is 17.3. The highest BCUT2D eigenvalue weighted by Gasteiger charge is 1.99. The quantitative estimate of drug-likeness (QED) is 0.653. The van der Waals surface area contributed by atoms with Gasteiger partial charge in [-0.15, -0.1) is 11.3 Å². The van der Waals surface area contributed by atoms with Gasteiger partial charge in [-0.05, 0) is 6.92 Å². The van der Waals surface area contributed by atoms with E-state index < -0.39 is 0 Å². The third kappa shape index (κ3) is 6.36. The number of nitrogens with zero attached hydrogens (tertiary/aromatic N) is 1. The van der Waals surface area contributed by atoms with E-state index in [4.69, 9.17) is 0 Å². The van der Waals surface area contributed by atoms with Gasteiger partial charge in [-0.3, -0.25) is 0 Å². The first-order chi connectivity index (χ1) is 7.77. The summed E-state index contributed by atoms with van der Waals surface area (Å²) >= 11 is 1.64. The van der Waals surface area contributed by atoms with Crippen LogP contribution in [-0.4, -0.2) is 4.98 Å². The Morgan fingerprint density at radius 3 is 2.12 bits per heavy atom. The van der Waals surface area contributed by atoms with Crippen molar-refractivity contribution in [2.24, 2.45) is 0 Å². The molecule has 0 saturated heterocycles. The Labute approximate surface area is 104 Å². The predicted octanol–water partition coefficient (Wildman–Crippen LogP) is 5.26. The zero-order valence-electron chi connectivity index (χ0n) is 11.1. The van der Waals surface area contributed by atoms with Crippen molar-refractivity contribution in [1.82, 2.24) is 4.98 Å². The molecule has 0 aliphatic rings. The summed E-state index contributed by atoms with van der Waals surface area (Å²) in [5.74, 6) is 0. The highest BCUT2D eigenvalue weighted by molar-refractivity contribution is 7.09. The van der Waals surface area contributed by atoms with Crippen LogP contribution < -0.4 is 0 Å². The molecule has 0 aliphatic heterocycles. The lowest BCUT2D eigenvalue weighted by atomic mass is 10.2. The van der Waals surface area contributed by atoms with Gasteiger partial charge in [0.05, 0.1) is 10.7 Å². The number of allylic oxidation sites excluding steroid dienone is 4. The molecule has 0 atom stereocenters. The molecule has 0 saturated carbocycles. The highest BCUT2D eigenvalue weighted by atomic mass is 32.1. The fourth-order valence-electron chi connectivity index (χ4n) is 0.881. The van der Waals surface area contributed by atoms with Crippen LogP contribution >= 0.6 is 11.3 Å². The summed E-state index contributed by atoms with van der Waals surface area (Å²) in [5, 5.41) is 3.09. The Morgan fingerprint density at radius 2 is 1.81 bits per heavy atom. The SMILES string of the molecule is C=C/C=C(\C=C)c1csc(C)n1.CC.CC. The monoisotopic (exact) mass is 237 g/mol. The molecule has 1 rings (SSSR count). The van der Waals surface area contributed by atoms with E-state index in [1.165, 1.54) is 0 Å².